The molecule has 0 amide bonds. The van der Waals surface area contributed by atoms with Gasteiger partial charge in [0.25, 0.3) is 0 Å². The van der Waals surface area contributed by atoms with Crippen molar-refractivity contribution in [2.75, 3.05) is 6.61 Å². The Hall–Kier alpha value is -0.0800. The molecule has 0 radical (unpaired) electrons. The molecule has 1 aliphatic carbocycles. The second kappa shape index (κ2) is 4.83. The van der Waals surface area contributed by atoms with E-state index in [1.54, 1.807) is 0 Å². The molecule has 3 atom stereocenters. The van der Waals surface area contributed by atoms with Crippen LogP contribution in [0.5, 0.6) is 0 Å². The van der Waals surface area contributed by atoms with Gasteiger partial charge in [0.2, 0.25) is 0 Å². The minimum absolute atomic E-state index is 0.0127. The number of aliphatic hydroxyl groups is 1. The standard InChI is InChI=1S/C7H14O.C3H6O/c1-6-3-2-4-7(8)5-6;1-3-2-4-3/h6-8H,2-5H2,1H3;3H,2H2,1H3. The van der Waals surface area contributed by atoms with Crippen LogP contribution in [0.1, 0.15) is 39.5 Å². The van der Waals surface area contributed by atoms with Crippen molar-refractivity contribution >= 4 is 0 Å². The molecular formula is C10H20O2. The minimum Gasteiger partial charge on any atom is -0.393 e. The van der Waals surface area contributed by atoms with Gasteiger partial charge in [-0.05, 0) is 25.7 Å². The van der Waals surface area contributed by atoms with E-state index in [1.807, 2.05) is 0 Å². The predicted octanol–water partition coefficient (Wildman–Crippen LogP) is 1.96. The van der Waals surface area contributed by atoms with E-state index in [2.05, 4.69) is 13.8 Å². The number of ether oxygens (including phenoxy) is 1. The fourth-order valence-corrected chi connectivity index (χ4v) is 1.50. The van der Waals surface area contributed by atoms with Gasteiger partial charge >= 0.3 is 0 Å². The summed E-state index contributed by atoms with van der Waals surface area (Å²) in [6.07, 6.45) is 5.20. The maximum absolute atomic E-state index is 9.08. The third kappa shape index (κ3) is 4.73. The molecule has 12 heavy (non-hydrogen) atoms. The van der Waals surface area contributed by atoms with Crippen LogP contribution in [0, 0.1) is 5.92 Å². The lowest BCUT2D eigenvalue weighted by Crippen LogP contribution is -2.16. The smallest absolute Gasteiger partial charge is 0.0781 e. The van der Waals surface area contributed by atoms with Crippen molar-refractivity contribution < 1.29 is 9.84 Å². The molecule has 2 nitrogen and oxygen atoms in total. The maximum Gasteiger partial charge on any atom is 0.0781 e. The van der Waals surface area contributed by atoms with Crippen LogP contribution in [-0.2, 0) is 4.74 Å². The molecule has 0 bridgehead atoms. The molecule has 0 aromatic rings. The summed E-state index contributed by atoms with van der Waals surface area (Å²) in [4.78, 5) is 0. The van der Waals surface area contributed by atoms with Gasteiger partial charge in [-0.2, -0.15) is 0 Å². The molecule has 1 saturated heterocycles. The first-order valence-corrected chi connectivity index (χ1v) is 4.98. The number of hydrogen-bond acceptors (Lipinski definition) is 2. The summed E-state index contributed by atoms with van der Waals surface area (Å²) in [5.41, 5.74) is 0. The summed E-state index contributed by atoms with van der Waals surface area (Å²) in [5.74, 6) is 0.763. The third-order valence-electron chi connectivity index (χ3n) is 2.41. The largest absolute Gasteiger partial charge is 0.393 e. The fourth-order valence-electron chi connectivity index (χ4n) is 1.50. The predicted molar refractivity (Wildman–Crippen MR) is 49.1 cm³/mol. The Bertz CT molecular complexity index is 113. The summed E-state index contributed by atoms with van der Waals surface area (Å²) in [7, 11) is 0. The Balaban J connectivity index is 0.000000150. The first-order valence-electron chi connectivity index (χ1n) is 4.98. The molecule has 0 aromatic carbocycles. The molecule has 1 aliphatic heterocycles. The van der Waals surface area contributed by atoms with Crippen LogP contribution in [0.3, 0.4) is 0 Å². The Morgan fingerprint density at radius 3 is 2.08 bits per heavy atom. The Labute approximate surface area is 74.9 Å². The van der Waals surface area contributed by atoms with Gasteiger partial charge < -0.3 is 9.84 Å². The van der Waals surface area contributed by atoms with Gasteiger partial charge in [-0.25, -0.2) is 0 Å². The highest BCUT2D eigenvalue weighted by Crippen LogP contribution is 2.22. The van der Waals surface area contributed by atoms with E-state index in [-0.39, 0.29) is 6.10 Å². The van der Waals surface area contributed by atoms with Crippen molar-refractivity contribution in [2.24, 2.45) is 5.92 Å². The van der Waals surface area contributed by atoms with Crippen molar-refractivity contribution in [3.8, 4) is 0 Å². The highest BCUT2D eigenvalue weighted by molar-refractivity contribution is 4.67. The molecule has 2 heteroatoms. The second-order valence-corrected chi connectivity index (χ2v) is 4.07. The van der Waals surface area contributed by atoms with E-state index in [1.165, 1.54) is 12.8 Å². The van der Waals surface area contributed by atoms with Gasteiger partial charge in [0.05, 0.1) is 18.8 Å². The quantitative estimate of drug-likeness (QED) is 0.567. The van der Waals surface area contributed by atoms with Gasteiger partial charge in [-0.1, -0.05) is 19.8 Å². The van der Waals surface area contributed by atoms with Crippen molar-refractivity contribution in [3.63, 3.8) is 0 Å². The number of epoxide rings is 1. The molecule has 2 aliphatic rings. The fraction of sp³-hybridized carbons (Fsp3) is 1.00. The first-order chi connectivity index (χ1) is 5.68. The normalized spacial score (nSPS) is 39.8. The average Bonchev–Trinajstić information content (AvgIpc) is 2.72. The van der Waals surface area contributed by atoms with Gasteiger partial charge in [0, 0.05) is 0 Å². The van der Waals surface area contributed by atoms with Crippen LogP contribution in [-0.4, -0.2) is 23.9 Å². The van der Waals surface area contributed by atoms with E-state index < -0.39 is 0 Å². The first kappa shape index (κ1) is 10.0. The van der Waals surface area contributed by atoms with Crippen LogP contribution >= 0.6 is 0 Å². The van der Waals surface area contributed by atoms with E-state index >= 15 is 0 Å². The van der Waals surface area contributed by atoms with Crippen molar-refractivity contribution in [3.05, 3.63) is 0 Å². The molecule has 2 rings (SSSR count). The molecular weight excluding hydrogens is 152 g/mol. The summed E-state index contributed by atoms with van der Waals surface area (Å²) in [5, 5.41) is 9.08. The maximum atomic E-state index is 9.08. The molecule has 1 heterocycles. The van der Waals surface area contributed by atoms with Gasteiger partial charge in [-0.3, -0.25) is 0 Å². The Kier molecular flexibility index (Phi) is 4.02. The molecule has 0 spiro atoms. The number of rotatable bonds is 0. The molecule has 1 N–H and O–H groups in total. The van der Waals surface area contributed by atoms with Crippen molar-refractivity contribution in [1.29, 1.82) is 0 Å². The minimum atomic E-state index is 0.0127. The van der Waals surface area contributed by atoms with Crippen LogP contribution in [0.2, 0.25) is 0 Å². The summed E-state index contributed by atoms with van der Waals surface area (Å²) >= 11 is 0. The summed E-state index contributed by atoms with van der Waals surface area (Å²) < 4.78 is 4.71. The Morgan fingerprint density at radius 1 is 1.25 bits per heavy atom. The highest BCUT2D eigenvalue weighted by Gasteiger charge is 2.15. The molecule has 1 saturated carbocycles. The van der Waals surface area contributed by atoms with Crippen LogP contribution in [0.4, 0.5) is 0 Å². The van der Waals surface area contributed by atoms with Crippen LogP contribution in [0.15, 0.2) is 0 Å². The van der Waals surface area contributed by atoms with E-state index in [0.29, 0.717) is 6.10 Å². The van der Waals surface area contributed by atoms with Crippen LogP contribution in [0.25, 0.3) is 0 Å². The second-order valence-electron chi connectivity index (χ2n) is 4.07. The zero-order valence-corrected chi connectivity index (χ0v) is 8.12. The zero-order valence-electron chi connectivity index (χ0n) is 8.12. The molecule has 2 fully saturated rings. The molecule has 3 unspecified atom stereocenters. The highest BCUT2D eigenvalue weighted by atomic mass is 16.6. The zero-order chi connectivity index (χ0) is 8.97. The lowest BCUT2D eigenvalue weighted by molar-refractivity contribution is 0.106. The Morgan fingerprint density at radius 2 is 1.83 bits per heavy atom. The SMILES string of the molecule is CC1CCCC(O)C1.CC1CO1. The lowest BCUT2D eigenvalue weighted by Gasteiger charge is -2.21. The van der Waals surface area contributed by atoms with Gasteiger partial charge in [0.1, 0.15) is 0 Å². The van der Waals surface area contributed by atoms with Crippen molar-refractivity contribution in [2.45, 2.75) is 51.7 Å². The van der Waals surface area contributed by atoms with Crippen LogP contribution < -0.4 is 0 Å². The summed E-state index contributed by atoms with van der Waals surface area (Å²) in [6, 6.07) is 0. The van der Waals surface area contributed by atoms with Gasteiger partial charge in [-0.15, -0.1) is 0 Å². The average molecular weight is 172 g/mol. The monoisotopic (exact) mass is 172 g/mol. The van der Waals surface area contributed by atoms with E-state index in [0.717, 1.165) is 25.4 Å². The van der Waals surface area contributed by atoms with E-state index in [4.69, 9.17) is 9.84 Å². The third-order valence-corrected chi connectivity index (χ3v) is 2.41. The van der Waals surface area contributed by atoms with Gasteiger partial charge in [0.15, 0.2) is 0 Å². The van der Waals surface area contributed by atoms with E-state index in [9.17, 15) is 0 Å². The molecule has 0 aromatic heterocycles. The topological polar surface area (TPSA) is 32.8 Å². The van der Waals surface area contributed by atoms with Crippen molar-refractivity contribution in [1.82, 2.24) is 0 Å². The summed E-state index contributed by atoms with van der Waals surface area (Å²) in [6.45, 7) is 5.25. The molecule has 72 valence electrons. The number of aliphatic hydroxyl groups excluding tert-OH is 1. The number of hydrogen-bond donors (Lipinski definition) is 1. The lowest BCUT2D eigenvalue weighted by atomic mass is 9.89.